The van der Waals surface area contributed by atoms with E-state index in [9.17, 15) is 8.42 Å². The average Bonchev–Trinajstić information content (AvgIpc) is 3.12. The molecule has 1 fully saturated rings. The van der Waals surface area contributed by atoms with Crippen LogP contribution in [0, 0.1) is 11.3 Å². The maximum absolute atomic E-state index is 12.8. The second-order valence-corrected chi connectivity index (χ2v) is 7.93. The SMILES string of the molecule is CC(C)c1nnc([C@@H]2CN(S(=O)(=O)c3cccc(C#N)c3)CCO2)o1. The third-order valence-corrected chi connectivity index (χ3v) is 5.72. The van der Waals surface area contributed by atoms with Gasteiger partial charge in [0.15, 0.2) is 0 Å². The van der Waals surface area contributed by atoms with Crippen LogP contribution in [0.4, 0.5) is 0 Å². The molecule has 25 heavy (non-hydrogen) atoms. The summed E-state index contributed by atoms with van der Waals surface area (Å²) in [4.78, 5) is 0.0839. The number of nitrogens with zero attached hydrogens (tertiary/aromatic N) is 4. The van der Waals surface area contributed by atoms with Crippen LogP contribution in [0.3, 0.4) is 0 Å². The normalized spacial score (nSPS) is 19.0. The molecule has 0 radical (unpaired) electrons. The molecule has 0 amide bonds. The van der Waals surface area contributed by atoms with Crippen LogP contribution in [0.1, 0.15) is 43.2 Å². The molecule has 1 atom stereocenters. The van der Waals surface area contributed by atoms with Crippen molar-refractivity contribution in [3.63, 3.8) is 0 Å². The number of aromatic nitrogens is 2. The van der Waals surface area contributed by atoms with Crippen molar-refractivity contribution < 1.29 is 17.6 Å². The van der Waals surface area contributed by atoms with Crippen LogP contribution in [0.2, 0.25) is 0 Å². The number of benzene rings is 1. The lowest BCUT2D eigenvalue weighted by molar-refractivity contribution is -0.0179. The Labute approximate surface area is 146 Å². The van der Waals surface area contributed by atoms with Gasteiger partial charge in [-0.05, 0) is 18.2 Å². The zero-order valence-corrected chi connectivity index (χ0v) is 14.7. The molecule has 132 valence electrons. The molecule has 2 aromatic rings. The quantitative estimate of drug-likeness (QED) is 0.816. The molecule has 0 bridgehead atoms. The maximum atomic E-state index is 12.8. The van der Waals surface area contributed by atoms with Crippen molar-refractivity contribution in [2.75, 3.05) is 19.7 Å². The van der Waals surface area contributed by atoms with E-state index in [-0.39, 0.29) is 36.4 Å². The van der Waals surface area contributed by atoms with Gasteiger partial charge in [0.1, 0.15) is 6.10 Å². The third-order valence-electron chi connectivity index (χ3n) is 3.86. The van der Waals surface area contributed by atoms with E-state index in [0.717, 1.165) is 0 Å². The smallest absolute Gasteiger partial charge is 0.246 e. The summed E-state index contributed by atoms with van der Waals surface area (Å²) in [7, 11) is -3.73. The maximum Gasteiger partial charge on any atom is 0.246 e. The molecule has 0 N–H and O–H groups in total. The summed E-state index contributed by atoms with van der Waals surface area (Å²) < 4.78 is 38.2. The number of hydrogen-bond acceptors (Lipinski definition) is 7. The van der Waals surface area contributed by atoms with Crippen molar-refractivity contribution in [2.24, 2.45) is 0 Å². The Bertz CT molecular complexity index is 901. The van der Waals surface area contributed by atoms with E-state index < -0.39 is 16.1 Å². The molecule has 3 rings (SSSR count). The van der Waals surface area contributed by atoms with Gasteiger partial charge in [0.25, 0.3) is 0 Å². The van der Waals surface area contributed by atoms with Crippen LogP contribution >= 0.6 is 0 Å². The number of morpholine rings is 1. The van der Waals surface area contributed by atoms with Crippen molar-refractivity contribution in [2.45, 2.75) is 30.8 Å². The van der Waals surface area contributed by atoms with Crippen LogP contribution < -0.4 is 0 Å². The van der Waals surface area contributed by atoms with E-state index in [2.05, 4.69) is 10.2 Å². The van der Waals surface area contributed by atoms with Gasteiger partial charge in [0.2, 0.25) is 21.8 Å². The monoisotopic (exact) mass is 362 g/mol. The summed E-state index contributed by atoms with van der Waals surface area (Å²) >= 11 is 0. The minimum Gasteiger partial charge on any atom is -0.422 e. The standard InChI is InChI=1S/C16H18N4O4S/c1-11(2)15-18-19-16(24-15)14-10-20(6-7-23-14)25(21,22)13-5-3-4-12(8-13)9-17/h3-5,8,11,14H,6-7,10H2,1-2H3/t14-/m0/s1. The highest BCUT2D eigenvalue weighted by Crippen LogP contribution is 2.27. The van der Waals surface area contributed by atoms with E-state index in [0.29, 0.717) is 11.5 Å². The lowest BCUT2D eigenvalue weighted by Gasteiger charge is -2.30. The van der Waals surface area contributed by atoms with E-state index in [1.807, 2.05) is 19.9 Å². The molecule has 9 heteroatoms. The molecule has 2 heterocycles. The topological polar surface area (TPSA) is 109 Å². The summed E-state index contributed by atoms with van der Waals surface area (Å²) in [6.45, 7) is 4.39. The van der Waals surface area contributed by atoms with Crippen LogP contribution in [-0.2, 0) is 14.8 Å². The fourth-order valence-electron chi connectivity index (χ4n) is 2.48. The molecule has 8 nitrogen and oxygen atoms in total. The van der Waals surface area contributed by atoms with Crippen molar-refractivity contribution in [1.82, 2.24) is 14.5 Å². The molecule has 1 aromatic heterocycles. The lowest BCUT2D eigenvalue weighted by Crippen LogP contribution is -2.42. The highest BCUT2D eigenvalue weighted by molar-refractivity contribution is 7.89. The van der Waals surface area contributed by atoms with Crippen LogP contribution in [0.5, 0.6) is 0 Å². The van der Waals surface area contributed by atoms with Crippen molar-refractivity contribution in [3.8, 4) is 6.07 Å². The van der Waals surface area contributed by atoms with Gasteiger partial charge in [-0.2, -0.15) is 9.57 Å². The van der Waals surface area contributed by atoms with Gasteiger partial charge in [-0.1, -0.05) is 19.9 Å². The molecule has 0 saturated carbocycles. The van der Waals surface area contributed by atoms with E-state index in [1.54, 1.807) is 12.1 Å². The first-order valence-corrected chi connectivity index (χ1v) is 9.31. The number of hydrogen-bond donors (Lipinski definition) is 0. The number of rotatable bonds is 4. The first-order valence-electron chi connectivity index (χ1n) is 7.87. The average molecular weight is 362 g/mol. The summed E-state index contributed by atoms with van der Waals surface area (Å²) in [5, 5.41) is 16.9. The Morgan fingerprint density at radius 2 is 2.16 bits per heavy atom. The fourth-order valence-corrected chi connectivity index (χ4v) is 3.95. The Kier molecular flexibility index (Phi) is 4.85. The first-order chi connectivity index (χ1) is 11.9. The van der Waals surface area contributed by atoms with Gasteiger partial charge >= 0.3 is 0 Å². The molecule has 1 aliphatic rings. The summed E-state index contributed by atoms with van der Waals surface area (Å²) in [5.74, 6) is 0.841. The summed E-state index contributed by atoms with van der Waals surface area (Å²) in [6.07, 6.45) is -0.609. The minimum atomic E-state index is -3.73. The molecule has 1 aliphatic heterocycles. The largest absolute Gasteiger partial charge is 0.422 e. The molecule has 0 unspecified atom stereocenters. The highest BCUT2D eigenvalue weighted by Gasteiger charge is 2.34. The van der Waals surface area contributed by atoms with Gasteiger partial charge in [-0.25, -0.2) is 8.42 Å². The second kappa shape index (κ2) is 6.92. The van der Waals surface area contributed by atoms with Gasteiger partial charge in [0, 0.05) is 19.0 Å². The van der Waals surface area contributed by atoms with Crippen LogP contribution in [0.15, 0.2) is 33.6 Å². The van der Waals surface area contributed by atoms with Crippen molar-refractivity contribution in [3.05, 3.63) is 41.6 Å². The Morgan fingerprint density at radius 1 is 1.36 bits per heavy atom. The fraction of sp³-hybridized carbons (Fsp3) is 0.438. The predicted molar refractivity (Wildman–Crippen MR) is 87.0 cm³/mol. The number of ether oxygens (including phenoxy) is 1. The Hall–Kier alpha value is -2.28. The molecule has 1 aromatic carbocycles. The van der Waals surface area contributed by atoms with E-state index >= 15 is 0 Å². The summed E-state index contributed by atoms with van der Waals surface area (Å²) in [5.41, 5.74) is 0.296. The zero-order valence-electron chi connectivity index (χ0n) is 13.9. The molecule has 1 saturated heterocycles. The van der Waals surface area contributed by atoms with Crippen molar-refractivity contribution in [1.29, 1.82) is 5.26 Å². The Morgan fingerprint density at radius 3 is 2.84 bits per heavy atom. The molecular weight excluding hydrogens is 344 g/mol. The summed E-state index contributed by atoms with van der Waals surface area (Å²) in [6, 6.07) is 7.90. The molecular formula is C16H18N4O4S. The van der Waals surface area contributed by atoms with E-state index in [4.69, 9.17) is 14.4 Å². The van der Waals surface area contributed by atoms with E-state index in [1.165, 1.54) is 16.4 Å². The number of sulfonamides is 1. The zero-order chi connectivity index (χ0) is 18.0. The highest BCUT2D eigenvalue weighted by atomic mass is 32.2. The van der Waals surface area contributed by atoms with Gasteiger partial charge in [-0.15, -0.1) is 10.2 Å². The Balaban J connectivity index is 1.83. The van der Waals surface area contributed by atoms with Crippen LogP contribution in [-0.4, -0.2) is 42.6 Å². The minimum absolute atomic E-state index is 0.0818. The lowest BCUT2D eigenvalue weighted by atomic mass is 10.2. The molecule has 0 spiro atoms. The third kappa shape index (κ3) is 3.56. The molecule has 0 aliphatic carbocycles. The van der Waals surface area contributed by atoms with Gasteiger partial charge in [-0.3, -0.25) is 0 Å². The van der Waals surface area contributed by atoms with Gasteiger partial charge < -0.3 is 9.15 Å². The first kappa shape index (κ1) is 17.5. The van der Waals surface area contributed by atoms with Gasteiger partial charge in [0.05, 0.1) is 23.1 Å². The van der Waals surface area contributed by atoms with Crippen LogP contribution in [0.25, 0.3) is 0 Å². The predicted octanol–water partition coefficient (Wildman–Crippen LogP) is 1.83. The number of nitriles is 1. The van der Waals surface area contributed by atoms with Crippen molar-refractivity contribution >= 4 is 10.0 Å². The second-order valence-electron chi connectivity index (χ2n) is 6.00.